The van der Waals surface area contributed by atoms with Crippen LogP contribution in [-0.4, -0.2) is 42.0 Å². The number of hydrogen-bond donors (Lipinski definition) is 3. The molecule has 1 aliphatic rings. The van der Waals surface area contributed by atoms with E-state index in [0.717, 1.165) is 25.7 Å². The molecule has 0 atom stereocenters. The Hall–Kier alpha value is -1.73. The molecule has 1 aromatic rings. The number of aromatic nitrogens is 1. The van der Waals surface area contributed by atoms with Crippen LogP contribution >= 0.6 is 0 Å². The monoisotopic (exact) mass is 295 g/mol. The highest BCUT2D eigenvalue weighted by Crippen LogP contribution is 2.33. The van der Waals surface area contributed by atoms with Gasteiger partial charge < -0.3 is 15.6 Å². The van der Waals surface area contributed by atoms with E-state index in [0.29, 0.717) is 6.54 Å². The molecule has 21 heavy (non-hydrogen) atoms. The average molecular weight is 295 g/mol. The molecular weight excluding hydrogens is 273 g/mol. The second kappa shape index (κ2) is 6.36. The first kappa shape index (κ1) is 15.7. The van der Waals surface area contributed by atoms with E-state index in [1.807, 2.05) is 14.1 Å². The molecule has 1 fully saturated rings. The summed E-state index contributed by atoms with van der Waals surface area (Å²) in [6, 6.07) is 1.35. The van der Waals surface area contributed by atoms with Crippen LogP contribution in [0.15, 0.2) is 12.3 Å². The third-order valence-corrected chi connectivity index (χ3v) is 4.33. The van der Waals surface area contributed by atoms with Gasteiger partial charge in [-0.3, -0.25) is 4.79 Å². The summed E-state index contributed by atoms with van der Waals surface area (Å²) >= 11 is 0. The van der Waals surface area contributed by atoms with Gasteiger partial charge >= 0.3 is 0 Å². The first-order chi connectivity index (χ1) is 10.00. The van der Waals surface area contributed by atoms with E-state index in [4.69, 9.17) is 5.84 Å². The number of nitrogens with zero attached hydrogens (tertiary/aromatic N) is 2. The second-order valence-electron chi connectivity index (χ2n) is 5.67. The molecule has 0 aliphatic heterocycles. The molecule has 7 heteroatoms. The first-order valence-corrected chi connectivity index (χ1v) is 7.07. The van der Waals surface area contributed by atoms with Crippen molar-refractivity contribution in [3.8, 4) is 0 Å². The number of hydrazine groups is 1. The van der Waals surface area contributed by atoms with Crippen molar-refractivity contribution in [1.82, 2.24) is 15.2 Å². The predicted octanol–water partition coefficient (Wildman–Crippen LogP) is 1.11. The number of likely N-dealkylation sites (N-methyl/N-ethyl adjacent to an activating group) is 1. The summed E-state index contributed by atoms with van der Waals surface area (Å²) in [7, 11) is 4.03. The summed E-state index contributed by atoms with van der Waals surface area (Å²) in [5.41, 5.74) is 2.05. The van der Waals surface area contributed by atoms with Gasteiger partial charge in [-0.05, 0) is 33.0 Å². The van der Waals surface area contributed by atoms with Gasteiger partial charge in [-0.25, -0.2) is 15.2 Å². The number of hydrogen-bond acceptors (Lipinski definition) is 5. The lowest BCUT2D eigenvalue weighted by atomic mass is 9.96. The lowest BCUT2D eigenvalue weighted by Crippen LogP contribution is -2.50. The number of carbonyl (C=O) groups excluding carboxylic acids is 1. The van der Waals surface area contributed by atoms with Crippen molar-refractivity contribution in [3.05, 3.63) is 23.6 Å². The number of pyridine rings is 1. The number of rotatable bonds is 5. The average Bonchev–Trinajstić information content (AvgIpc) is 2.95. The fourth-order valence-electron chi connectivity index (χ4n) is 2.87. The van der Waals surface area contributed by atoms with Gasteiger partial charge in [0.1, 0.15) is 0 Å². The van der Waals surface area contributed by atoms with E-state index in [2.05, 4.69) is 20.6 Å². The Morgan fingerprint density at radius 2 is 2.14 bits per heavy atom. The largest absolute Gasteiger partial charge is 0.350 e. The van der Waals surface area contributed by atoms with Gasteiger partial charge in [-0.2, -0.15) is 0 Å². The highest BCUT2D eigenvalue weighted by molar-refractivity contribution is 5.95. The number of halogens is 1. The van der Waals surface area contributed by atoms with Crippen molar-refractivity contribution in [2.75, 3.05) is 26.1 Å². The van der Waals surface area contributed by atoms with Gasteiger partial charge in [0, 0.05) is 18.3 Å². The molecule has 1 heterocycles. The van der Waals surface area contributed by atoms with Crippen LogP contribution in [0.2, 0.25) is 0 Å². The quantitative estimate of drug-likeness (QED) is 0.560. The molecule has 4 N–H and O–H groups in total. The van der Waals surface area contributed by atoms with Gasteiger partial charge in [0.2, 0.25) is 0 Å². The molecule has 0 radical (unpaired) electrons. The fraction of sp³-hybridized carbons (Fsp3) is 0.571. The molecule has 6 nitrogen and oxygen atoms in total. The van der Waals surface area contributed by atoms with Crippen molar-refractivity contribution in [3.63, 3.8) is 0 Å². The minimum Gasteiger partial charge on any atom is -0.350 e. The van der Waals surface area contributed by atoms with E-state index in [9.17, 15) is 9.18 Å². The lowest BCUT2D eigenvalue weighted by molar-refractivity contribution is 0.0896. The van der Waals surface area contributed by atoms with Crippen LogP contribution < -0.4 is 16.6 Å². The fourth-order valence-corrected chi connectivity index (χ4v) is 2.87. The molecule has 0 unspecified atom stereocenters. The third kappa shape index (κ3) is 3.14. The van der Waals surface area contributed by atoms with Crippen LogP contribution in [0.1, 0.15) is 36.0 Å². The van der Waals surface area contributed by atoms with Crippen LogP contribution in [0.3, 0.4) is 0 Å². The SMILES string of the molecule is CN(C)C1(CNC(=O)c2ccnc(NN)c2F)CCCC1. The Labute approximate surface area is 123 Å². The van der Waals surface area contributed by atoms with Gasteiger partial charge in [-0.15, -0.1) is 0 Å². The van der Waals surface area contributed by atoms with Crippen molar-refractivity contribution in [2.24, 2.45) is 5.84 Å². The summed E-state index contributed by atoms with van der Waals surface area (Å²) in [6.07, 6.45) is 5.73. The molecule has 0 spiro atoms. The Balaban J connectivity index is 2.08. The summed E-state index contributed by atoms with van der Waals surface area (Å²) in [4.78, 5) is 18.1. The van der Waals surface area contributed by atoms with Gasteiger partial charge in [0.05, 0.1) is 5.56 Å². The molecular formula is C14H22FN5O. The van der Waals surface area contributed by atoms with Crippen LogP contribution in [0.4, 0.5) is 10.2 Å². The molecule has 2 rings (SSSR count). The zero-order chi connectivity index (χ0) is 15.5. The van der Waals surface area contributed by atoms with Crippen LogP contribution in [0, 0.1) is 5.82 Å². The zero-order valence-electron chi connectivity index (χ0n) is 12.4. The van der Waals surface area contributed by atoms with Crippen LogP contribution in [-0.2, 0) is 0 Å². The number of anilines is 1. The molecule has 0 aromatic carbocycles. The van der Waals surface area contributed by atoms with Gasteiger partial charge in [0.25, 0.3) is 5.91 Å². The standard InChI is InChI=1S/C14H22FN5O/c1-20(2)14(6-3-4-7-14)9-18-13(21)10-5-8-17-12(19-16)11(10)15/h5,8H,3-4,6-7,9,16H2,1-2H3,(H,17,19)(H,18,21). The molecule has 1 aliphatic carbocycles. The van der Waals surface area contributed by atoms with E-state index in [1.54, 1.807) is 0 Å². The second-order valence-corrected chi connectivity index (χ2v) is 5.67. The topological polar surface area (TPSA) is 83.3 Å². The summed E-state index contributed by atoms with van der Waals surface area (Å²) in [5, 5.41) is 2.84. The first-order valence-electron chi connectivity index (χ1n) is 7.07. The Kier molecular flexibility index (Phi) is 4.74. The molecule has 0 saturated heterocycles. The van der Waals surface area contributed by atoms with E-state index >= 15 is 0 Å². The molecule has 0 bridgehead atoms. The maximum atomic E-state index is 14.0. The summed E-state index contributed by atoms with van der Waals surface area (Å²) in [6.45, 7) is 0.506. The lowest BCUT2D eigenvalue weighted by Gasteiger charge is -2.36. The van der Waals surface area contributed by atoms with Gasteiger partial charge in [0.15, 0.2) is 11.6 Å². The normalized spacial score (nSPS) is 17.0. The molecule has 116 valence electrons. The maximum absolute atomic E-state index is 14.0. The van der Waals surface area contributed by atoms with Crippen molar-refractivity contribution >= 4 is 11.7 Å². The number of nitrogens with two attached hydrogens (primary N) is 1. The molecule has 1 saturated carbocycles. The van der Waals surface area contributed by atoms with E-state index in [-0.39, 0.29) is 16.9 Å². The minimum absolute atomic E-state index is 0.0336. The van der Waals surface area contributed by atoms with Crippen molar-refractivity contribution in [1.29, 1.82) is 0 Å². The Bertz CT molecular complexity index is 514. The van der Waals surface area contributed by atoms with Gasteiger partial charge in [-0.1, -0.05) is 12.8 Å². The summed E-state index contributed by atoms with van der Waals surface area (Å²) in [5.74, 6) is 3.85. The number of amides is 1. The van der Waals surface area contributed by atoms with Crippen LogP contribution in [0.25, 0.3) is 0 Å². The smallest absolute Gasteiger partial charge is 0.254 e. The van der Waals surface area contributed by atoms with Crippen molar-refractivity contribution < 1.29 is 9.18 Å². The Morgan fingerprint density at radius 1 is 1.48 bits per heavy atom. The number of nitrogens with one attached hydrogen (secondary N) is 2. The number of nitrogen functional groups attached to an aromatic ring is 1. The highest BCUT2D eigenvalue weighted by Gasteiger charge is 2.36. The molecule has 1 amide bonds. The zero-order valence-corrected chi connectivity index (χ0v) is 12.4. The van der Waals surface area contributed by atoms with E-state index < -0.39 is 11.7 Å². The predicted molar refractivity (Wildman–Crippen MR) is 79.2 cm³/mol. The van der Waals surface area contributed by atoms with Crippen molar-refractivity contribution in [2.45, 2.75) is 31.2 Å². The third-order valence-electron chi connectivity index (χ3n) is 4.33. The minimum atomic E-state index is -0.733. The maximum Gasteiger partial charge on any atom is 0.254 e. The molecule has 1 aromatic heterocycles. The Morgan fingerprint density at radius 3 is 2.71 bits per heavy atom. The van der Waals surface area contributed by atoms with E-state index in [1.165, 1.54) is 12.3 Å². The number of carbonyl (C=O) groups is 1. The summed E-state index contributed by atoms with van der Waals surface area (Å²) < 4.78 is 14.0. The van der Waals surface area contributed by atoms with Crippen LogP contribution in [0.5, 0.6) is 0 Å². The highest BCUT2D eigenvalue weighted by atomic mass is 19.1.